The Morgan fingerprint density at radius 1 is 1.09 bits per heavy atom. The average molecular weight is 460 g/mol. The Hall–Kier alpha value is -2.42. The third kappa shape index (κ3) is 6.79. The molecular weight excluding hydrogens is 426 g/mol. The summed E-state index contributed by atoms with van der Waals surface area (Å²) < 4.78 is 33.6. The fourth-order valence-corrected chi connectivity index (χ4v) is 4.91. The number of aryl methyl sites for hydroxylation is 1. The molecule has 1 atom stereocenters. The van der Waals surface area contributed by atoms with E-state index in [9.17, 15) is 13.2 Å². The van der Waals surface area contributed by atoms with E-state index in [2.05, 4.69) is 28.8 Å². The molecule has 2 aromatic rings. The first-order chi connectivity index (χ1) is 15.2. The number of morpholine rings is 1. The van der Waals surface area contributed by atoms with E-state index < -0.39 is 10.0 Å². The number of rotatable bonds is 9. The molecule has 0 unspecified atom stereocenters. The molecular formula is C24H33N3O4S. The highest BCUT2D eigenvalue weighted by molar-refractivity contribution is 7.92. The molecule has 1 heterocycles. The molecule has 174 valence electrons. The summed E-state index contributed by atoms with van der Waals surface area (Å²) >= 11 is 0. The van der Waals surface area contributed by atoms with E-state index >= 15 is 0 Å². The second kappa shape index (κ2) is 10.9. The summed E-state index contributed by atoms with van der Waals surface area (Å²) in [6, 6.07) is 13.4. The van der Waals surface area contributed by atoms with Crippen LogP contribution in [0, 0.1) is 12.8 Å². The van der Waals surface area contributed by atoms with Gasteiger partial charge in [0.15, 0.2) is 0 Å². The van der Waals surface area contributed by atoms with Crippen molar-refractivity contribution in [1.82, 2.24) is 10.2 Å². The fraction of sp³-hybridized carbons (Fsp3) is 0.458. The van der Waals surface area contributed by atoms with E-state index in [1.54, 1.807) is 24.3 Å². The van der Waals surface area contributed by atoms with Crippen LogP contribution in [0.5, 0.6) is 0 Å². The number of carbonyl (C=O) groups is 1. The Bertz CT molecular complexity index is 1000. The van der Waals surface area contributed by atoms with Crippen LogP contribution in [0.4, 0.5) is 5.69 Å². The van der Waals surface area contributed by atoms with E-state index in [-0.39, 0.29) is 16.8 Å². The van der Waals surface area contributed by atoms with Crippen LogP contribution in [-0.4, -0.2) is 58.1 Å². The summed E-state index contributed by atoms with van der Waals surface area (Å²) in [5.74, 6) is 0.223. The molecule has 1 amide bonds. The van der Waals surface area contributed by atoms with Crippen LogP contribution in [0.3, 0.4) is 0 Å². The summed E-state index contributed by atoms with van der Waals surface area (Å²) in [7, 11) is -3.80. The van der Waals surface area contributed by atoms with E-state index in [1.807, 2.05) is 19.1 Å². The van der Waals surface area contributed by atoms with Crippen LogP contribution in [0.25, 0.3) is 0 Å². The maximum Gasteiger partial charge on any atom is 0.261 e. The van der Waals surface area contributed by atoms with Crippen molar-refractivity contribution in [3.8, 4) is 0 Å². The molecule has 2 N–H and O–H groups in total. The molecule has 8 heteroatoms. The zero-order chi connectivity index (χ0) is 23.1. The van der Waals surface area contributed by atoms with Crippen LogP contribution in [0.15, 0.2) is 53.4 Å². The van der Waals surface area contributed by atoms with Gasteiger partial charge in [-0.3, -0.25) is 14.4 Å². The molecule has 2 aromatic carbocycles. The highest BCUT2D eigenvalue weighted by Gasteiger charge is 2.23. The number of nitrogens with one attached hydrogen (secondary N) is 2. The van der Waals surface area contributed by atoms with Gasteiger partial charge >= 0.3 is 0 Å². The lowest BCUT2D eigenvalue weighted by molar-refractivity contribution is 0.0124. The summed E-state index contributed by atoms with van der Waals surface area (Å²) in [4.78, 5) is 15.2. The van der Waals surface area contributed by atoms with E-state index in [0.717, 1.165) is 25.1 Å². The van der Waals surface area contributed by atoms with E-state index in [1.165, 1.54) is 12.1 Å². The standard InChI is InChI=1S/C24H33N3O4S/c1-18(2)15-22(27-11-13-31-14-12-27)17-25-24(28)20-5-4-6-23(16-20)32(29,30)26-21-9-7-19(3)8-10-21/h4-10,16,18,22,26H,11-15,17H2,1-3H3,(H,25,28)/t22-/m1/s1. The summed E-state index contributed by atoms with van der Waals surface area (Å²) in [5.41, 5.74) is 1.84. The van der Waals surface area contributed by atoms with Crippen molar-refractivity contribution in [3.63, 3.8) is 0 Å². The average Bonchev–Trinajstić information content (AvgIpc) is 2.78. The van der Waals surface area contributed by atoms with Gasteiger partial charge < -0.3 is 10.1 Å². The normalized spacial score (nSPS) is 16.0. The minimum atomic E-state index is -3.80. The van der Waals surface area contributed by atoms with Gasteiger partial charge in [0.05, 0.1) is 18.1 Å². The molecule has 1 fully saturated rings. The van der Waals surface area contributed by atoms with Crippen molar-refractivity contribution < 1.29 is 17.9 Å². The highest BCUT2D eigenvalue weighted by atomic mass is 32.2. The van der Waals surface area contributed by atoms with Gasteiger partial charge in [-0.2, -0.15) is 0 Å². The Labute approximate surface area is 191 Å². The Kier molecular flexibility index (Phi) is 8.28. The van der Waals surface area contributed by atoms with Crippen molar-refractivity contribution in [2.45, 2.75) is 38.1 Å². The summed E-state index contributed by atoms with van der Waals surface area (Å²) in [5, 5.41) is 3.00. The van der Waals surface area contributed by atoms with Gasteiger partial charge in [0.25, 0.3) is 15.9 Å². The SMILES string of the molecule is Cc1ccc(NS(=O)(=O)c2cccc(C(=O)NC[C@@H](CC(C)C)N3CCOCC3)c2)cc1. The number of hydrogen-bond donors (Lipinski definition) is 2. The second-order valence-corrected chi connectivity index (χ2v) is 10.3. The lowest BCUT2D eigenvalue weighted by Gasteiger charge is -2.35. The third-order valence-corrected chi connectivity index (χ3v) is 6.89. The van der Waals surface area contributed by atoms with Gasteiger partial charge in [0.2, 0.25) is 0 Å². The number of amides is 1. The van der Waals surface area contributed by atoms with Crippen molar-refractivity contribution >= 4 is 21.6 Å². The quantitative estimate of drug-likeness (QED) is 0.601. The largest absolute Gasteiger partial charge is 0.379 e. The van der Waals surface area contributed by atoms with Crippen molar-refractivity contribution in [2.24, 2.45) is 5.92 Å². The van der Waals surface area contributed by atoms with Crippen LogP contribution in [-0.2, 0) is 14.8 Å². The molecule has 7 nitrogen and oxygen atoms in total. The number of carbonyl (C=O) groups excluding carboxylic acids is 1. The molecule has 32 heavy (non-hydrogen) atoms. The van der Waals surface area contributed by atoms with Crippen molar-refractivity contribution in [2.75, 3.05) is 37.6 Å². The first kappa shape index (κ1) is 24.2. The fourth-order valence-electron chi connectivity index (χ4n) is 3.80. The summed E-state index contributed by atoms with van der Waals surface area (Å²) in [6.45, 7) is 9.90. The monoisotopic (exact) mass is 459 g/mol. The Morgan fingerprint density at radius 2 is 1.78 bits per heavy atom. The topological polar surface area (TPSA) is 87.7 Å². The lowest BCUT2D eigenvalue weighted by Crippen LogP contribution is -2.49. The maximum atomic E-state index is 12.8. The molecule has 0 spiro atoms. The number of ether oxygens (including phenoxy) is 1. The number of sulfonamides is 1. The van der Waals surface area contributed by atoms with Gasteiger partial charge in [-0.15, -0.1) is 0 Å². The minimum Gasteiger partial charge on any atom is -0.379 e. The predicted molar refractivity (Wildman–Crippen MR) is 126 cm³/mol. The lowest BCUT2D eigenvalue weighted by atomic mass is 10.0. The molecule has 0 aliphatic carbocycles. The van der Waals surface area contributed by atoms with Gasteiger partial charge in [0.1, 0.15) is 0 Å². The highest BCUT2D eigenvalue weighted by Crippen LogP contribution is 2.18. The summed E-state index contributed by atoms with van der Waals surface area (Å²) in [6.07, 6.45) is 0.967. The molecule has 1 aliphatic heterocycles. The zero-order valence-electron chi connectivity index (χ0n) is 19.0. The molecule has 1 saturated heterocycles. The molecule has 0 saturated carbocycles. The zero-order valence-corrected chi connectivity index (χ0v) is 19.8. The maximum absolute atomic E-state index is 12.8. The third-order valence-electron chi connectivity index (χ3n) is 5.51. The van der Waals surface area contributed by atoms with Crippen molar-refractivity contribution in [1.29, 1.82) is 0 Å². The molecule has 3 rings (SSSR count). The van der Waals surface area contributed by atoms with Gasteiger partial charge in [-0.1, -0.05) is 37.6 Å². The molecule has 0 aromatic heterocycles. The number of anilines is 1. The minimum absolute atomic E-state index is 0.0534. The van der Waals surface area contributed by atoms with Gasteiger partial charge in [-0.05, 0) is 49.6 Å². The molecule has 0 bridgehead atoms. The second-order valence-electron chi connectivity index (χ2n) is 8.64. The van der Waals surface area contributed by atoms with E-state index in [4.69, 9.17) is 4.74 Å². The van der Waals surface area contributed by atoms with E-state index in [0.29, 0.717) is 36.9 Å². The van der Waals surface area contributed by atoms with Crippen LogP contribution >= 0.6 is 0 Å². The molecule has 0 radical (unpaired) electrons. The first-order valence-electron chi connectivity index (χ1n) is 11.0. The Morgan fingerprint density at radius 3 is 2.44 bits per heavy atom. The van der Waals surface area contributed by atoms with Crippen molar-refractivity contribution in [3.05, 3.63) is 59.7 Å². The first-order valence-corrected chi connectivity index (χ1v) is 12.5. The number of benzene rings is 2. The Balaban J connectivity index is 1.67. The smallest absolute Gasteiger partial charge is 0.261 e. The van der Waals surface area contributed by atoms with Gasteiger partial charge in [0, 0.05) is 36.9 Å². The van der Waals surface area contributed by atoms with Gasteiger partial charge in [-0.25, -0.2) is 8.42 Å². The van der Waals surface area contributed by atoms with Crippen LogP contribution in [0.1, 0.15) is 36.2 Å². The number of hydrogen-bond acceptors (Lipinski definition) is 5. The van der Waals surface area contributed by atoms with Crippen LogP contribution in [0.2, 0.25) is 0 Å². The molecule has 1 aliphatic rings. The number of nitrogens with zero attached hydrogens (tertiary/aromatic N) is 1. The predicted octanol–water partition coefficient (Wildman–Crippen LogP) is 3.27. The van der Waals surface area contributed by atoms with Crippen LogP contribution < -0.4 is 10.0 Å².